The van der Waals surface area contributed by atoms with E-state index in [1.165, 1.54) is 28.6 Å². The lowest BCUT2D eigenvalue weighted by Crippen LogP contribution is -2.49. The van der Waals surface area contributed by atoms with Gasteiger partial charge in [-0.1, -0.05) is 11.6 Å². The molecule has 3 aliphatic rings. The first-order valence-corrected chi connectivity index (χ1v) is 19.3. The van der Waals surface area contributed by atoms with Gasteiger partial charge in [-0.2, -0.15) is 4.31 Å². The summed E-state index contributed by atoms with van der Waals surface area (Å²) in [6.07, 6.45) is 2.19. The van der Waals surface area contributed by atoms with Gasteiger partial charge in [0.05, 0.1) is 4.90 Å². The predicted molar refractivity (Wildman–Crippen MR) is 189 cm³/mol. The monoisotopic (exact) mass is 752 g/mol. The van der Waals surface area contributed by atoms with Gasteiger partial charge < -0.3 is 25.2 Å². The Morgan fingerprint density at radius 2 is 1.61 bits per heavy atom. The molecule has 0 atom stereocenters. The van der Waals surface area contributed by atoms with Crippen LogP contribution in [0.1, 0.15) is 71.3 Å². The van der Waals surface area contributed by atoms with E-state index < -0.39 is 33.6 Å². The van der Waals surface area contributed by atoms with Crippen LogP contribution in [0.3, 0.4) is 0 Å². The van der Waals surface area contributed by atoms with Gasteiger partial charge in [-0.25, -0.2) is 27.0 Å². The van der Waals surface area contributed by atoms with Gasteiger partial charge in [0, 0.05) is 75.3 Å². The van der Waals surface area contributed by atoms with Gasteiger partial charge in [0.25, 0.3) is 5.92 Å². The quantitative estimate of drug-likeness (QED) is 0.233. The number of carbonyl (C=O) groups is 3. The van der Waals surface area contributed by atoms with Crippen LogP contribution in [0.5, 0.6) is 0 Å². The number of hydrogen-bond acceptors (Lipinski definition) is 8. The number of piperazine rings is 1. The van der Waals surface area contributed by atoms with Crippen molar-refractivity contribution >= 4 is 51.0 Å². The maximum Gasteiger partial charge on any atom is 0.407 e. The molecule has 2 aromatic rings. The van der Waals surface area contributed by atoms with Gasteiger partial charge in [0.15, 0.2) is 0 Å². The molecule has 0 spiro atoms. The highest BCUT2D eigenvalue weighted by Crippen LogP contribution is 2.46. The number of halogens is 3. The first kappa shape index (κ1) is 38.7. The van der Waals surface area contributed by atoms with Crippen molar-refractivity contribution in [1.82, 2.24) is 19.9 Å². The Balaban J connectivity index is 1.11. The molecule has 0 bridgehead atoms. The van der Waals surface area contributed by atoms with Crippen molar-refractivity contribution in [3.63, 3.8) is 0 Å². The van der Waals surface area contributed by atoms with Crippen LogP contribution in [0, 0.1) is 11.8 Å². The topological polar surface area (TPSA) is 141 Å². The fraction of sp³-hybridized carbons (Fsp3) is 0.600. The van der Waals surface area contributed by atoms with Gasteiger partial charge >= 0.3 is 6.09 Å². The zero-order chi connectivity index (χ0) is 37.0. The summed E-state index contributed by atoms with van der Waals surface area (Å²) < 4.78 is 65.2. The molecule has 2 aliphatic heterocycles. The number of carbonyl (C=O) groups excluding carboxylic acids is 3. The SMILES string of the molecule is CC(C)(C)OC(=O)NCCCNC(=O)C1CCC(C(F)(F)c2cc(Cl)nc(N3CCN(S(=O)(=O)c4ccc(N5CCCC5=O)cc4)CC3)c2)CC1. The van der Waals surface area contributed by atoms with E-state index in [1.54, 1.807) is 42.7 Å². The normalized spacial score (nSPS) is 20.7. The number of nitrogens with zero attached hydrogens (tertiary/aromatic N) is 4. The van der Waals surface area contributed by atoms with E-state index in [9.17, 15) is 22.8 Å². The molecule has 2 saturated heterocycles. The summed E-state index contributed by atoms with van der Waals surface area (Å²) in [5.41, 5.74) is -0.191. The van der Waals surface area contributed by atoms with Crippen LogP contribution in [0.15, 0.2) is 41.3 Å². The minimum absolute atomic E-state index is 0.0182. The molecule has 3 heterocycles. The number of hydrogen-bond donors (Lipinski definition) is 2. The standard InChI is InChI=1S/C35H47ClF2N6O6S/c1-34(2,3)50-33(47)40-16-5-15-39-32(46)24-7-9-25(10-8-24)35(37,38)26-22-29(36)41-30(23-26)42-18-20-43(21-19-42)51(48,49)28-13-11-27(12-14-28)44-17-4-6-31(44)45/h11-14,22-25H,4-10,15-21H2,1-3H3,(H,39,46)(H,40,47). The Kier molecular flexibility index (Phi) is 12.1. The lowest BCUT2D eigenvalue weighted by molar-refractivity contribution is -0.129. The smallest absolute Gasteiger partial charge is 0.407 e. The average Bonchev–Trinajstić information content (AvgIpc) is 3.52. The van der Waals surface area contributed by atoms with Gasteiger partial charge in [-0.3, -0.25) is 9.59 Å². The van der Waals surface area contributed by atoms with Crippen molar-refractivity contribution in [1.29, 1.82) is 0 Å². The van der Waals surface area contributed by atoms with Crippen molar-refractivity contribution in [2.24, 2.45) is 11.8 Å². The van der Waals surface area contributed by atoms with Crippen molar-refractivity contribution < 1.29 is 36.3 Å². The van der Waals surface area contributed by atoms with Crippen LogP contribution in [0.25, 0.3) is 0 Å². The number of amides is 3. The molecule has 12 nitrogen and oxygen atoms in total. The van der Waals surface area contributed by atoms with Crippen molar-refractivity contribution in [2.45, 2.75) is 82.1 Å². The van der Waals surface area contributed by atoms with E-state index in [0.29, 0.717) is 51.0 Å². The third kappa shape index (κ3) is 9.66. The molecule has 5 rings (SSSR count). The third-order valence-corrected chi connectivity index (χ3v) is 11.6. The number of pyridine rings is 1. The predicted octanol–water partition coefficient (Wildman–Crippen LogP) is 5.30. The average molecular weight is 753 g/mol. The van der Waals surface area contributed by atoms with Crippen molar-refractivity contribution in [3.8, 4) is 0 Å². The number of nitrogens with one attached hydrogen (secondary N) is 2. The molecular weight excluding hydrogens is 706 g/mol. The summed E-state index contributed by atoms with van der Waals surface area (Å²) in [6.45, 7) is 7.31. The van der Waals surface area contributed by atoms with E-state index in [1.807, 2.05) is 0 Å². The molecule has 2 N–H and O–H groups in total. The number of sulfonamides is 1. The maximum atomic E-state index is 15.9. The van der Waals surface area contributed by atoms with Crippen LogP contribution >= 0.6 is 11.6 Å². The Morgan fingerprint density at radius 1 is 0.961 bits per heavy atom. The number of ether oxygens (including phenoxy) is 1. The van der Waals surface area contributed by atoms with E-state index in [0.717, 1.165) is 6.42 Å². The van der Waals surface area contributed by atoms with Crippen LogP contribution in [0.4, 0.5) is 25.1 Å². The summed E-state index contributed by atoms with van der Waals surface area (Å²) >= 11 is 6.26. The molecular formula is C35H47ClF2N6O6S. The molecule has 1 saturated carbocycles. The van der Waals surface area contributed by atoms with Crippen molar-refractivity contribution in [3.05, 3.63) is 47.1 Å². The molecule has 16 heteroatoms. The highest BCUT2D eigenvalue weighted by molar-refractivity contribution is 7.89. The number of benzene rings is 1. The zero-order valence-electron chi connectivity index (χ0n) is 29.3. The number of aromatic nitrogens is 1. The Labute approximate surface area is 303 Å². The lowest BCUT2D eigenvalue weighted by Gasteiger charge is -2.36. The van der Waals surface area contributed by atoms with E-state index in [4.69, 9.17) is 16.3 Å². The third-order valence-electron chi connectivity index (χ3n) is 9.52. The fourth-order valence-electron chi connectivity index (χ4n) is 6.77. The molecule has 0 unspecified atom stereocenters. The molecule has 0 radical (unpaired) electrons. The van der Waals surface area contributed by atoms with Gasteiger partial charge in [0.2, 0.25) is 21.8 Å². The molecule has 51 heavy (non-hydrogen) atoms. The summed E-state index contributed by atoms with van der Waals surface area (Å²) in [5.74, 6) is -4.48. The maximum absolute atomic E-state index is 15.9. The summed E-state index contributed by atoms with van der Waals surface area (Å²) in [6, 6.07) is 8.80. The number of alkyl carbamates (subject to hydrolysis) is 1. The Morgan fingerprint density at radius 3 is 2.22 bits per heavy atom. The van der Waals surface area contributed by atoms with E-state index >= 15 is 8.78 Å². The highest BCUT2D eigenvalue weighted by atomic mass is 35.5. The van der Waals surface area contributed by atoms with Crippen LogP contribution in [-0.2, 0) is 30.3 Å². The summed E-state index contributed by atoms with van der Waals surface area (Å²) in [5, 5.41) is 5.40. The molecule has 1 aromatic carbocycles. The van der Waals surface area contributed by atoms with Crippen LogP contribution < -0.4 is 20.4 Å². The fourth-order valence-corrected chi connectivity index (χ4v) is 8.39. The molecule has 3 fully saturated rings. The molecule has 3 amide bonds. The summed E-state index contributed by atoms with van der Waals surface area (Å²) in [7, 11) is -3.81. The second-order valence-electron chi connectivity index (χ2n) is 14.3. The van der Waals surface area contributed by atoms with E-state index in [2.05, 4.69) is 15.6 Å². The second-order valence-corrected chi connectivity index (χ2v) is 16.6. The van der Waals surface area contributed by atoms with Gasteiger partial charge in [-0.05, 0) is 95.7 Å². The minimum atomic E-state index is -3.81. The first-order valence-electron chi connectivity index (χ1n) is 17.5. The van der Waals surface area contributed by atoms with Crippen LogP contribution in [-0.4, -0.2) is 87.0 Å². The summed E-state index contributed by atoms with van der Waals surface area (Å²) in [4.78, 5) is 44.3. The Bertz CT molecular complexity index is 1670. The largest absolute Gasteiger partial charge is 0.444 e. The minimum Gasteiger partial charge on any atom is -0.444 e. The highest BCUT2D eigenvalue weighted by Gasteiger charge is 2.44. The molecule has 1 aliphatic carbocycles. The van der Waals surface area contributed by atoms with Crippen molar-refractivity contribution in [2.75, 3.05) is 55.6 Å². The zero-order valence-corrected chi connectivity index (χ0v) is 30.9. The number of rotatable bonds is 11. The first-order chi connectivity index (χ1) is 24.0. The number of alkyl halides is 2. The van der Waals surface area contributed by atoms with Crippen LogP contribution in [0.2, 0.25) is 5.15 Å². The molecule has 1 aromatic heterocycles. The Hall–Kier alpha value is -3.56. The number of anilines is 2. The lowest BCUT2D eigenvalue weighted by atomic mass is 9.77. The second kappa shape index (κ2) is 16.0. The van der Waals surface area contributed by atoms with Gasteiger partial charge in [0.1, 0.15) is 16.6 Å². The molecule has 280 valence electrons. The van der Waals surface area contributed by atoms with Gasteiger partial charge in [-0.15, -0.1) is 0 Å². The van der Waals surface area contributed by atoms with E-state index in [-0.39, 0.29) is 78.2 Å².